The largest absolute Gasteiger partial charge is 0.497 e. The van der Waals surface area contributed by atoms with Gasteiger partial charge in [0.05, 0.1) is 14.2 Å². The van der Waals surface area contributed by atoms with Gasteiger partial charge in [0.1, 0.15) is 29.2 Å². The SMILES string of the molecule is COc1cc(OC)cc(C(=O)N2CCS[C@@H]2c2ccc(OCc3ccccc3)cc2)c1. The number of nitrogens with zero attached hydrogens (tertiary/aromatic N) is 1. The highest BCUT2D eigenvalue weighted by Gasteiger charge is 2.31. The van der Waals surface area contributed by atoms with Gasteiger partial charge in [0.15, 0.2) is 0 Å². The number of thioether (sulfide) groups is 1. The first-order valence-electron chi connectivity index (χ1n) is 10.1. The summed E-state index contributed by atoms with van der Waals surface area (Å²) in [5.74, 6) is 2.88. The molecule has 3 aromatic rings. The van der Waals surface area contributed by atoms with Crippen LogP contribution in [-0.2, 0) is 6.61 Å². The summed E-state index contributed by atoms with van der Waals surface area (Å²) in [7, 11) is 3.16. The number of hydrogen-bond acceptors (Lipinski definition) is 5. The highest BCUT2D eigenvalue weighted by atomic mass is 32.2. The van der Waals surface area contributed by atoms with E-state index in [-0.39, 0.29) is 11.3 Å². The molecule has 0 aliphatic carbocycles. The molecule has 0 N–H and O–H groups in total. The van der Waals surface area contributed by atoms with Crippen LogP contribution in [-0.4, -0.2) is 37.3 Å². The zero-order valence-electron chi connectivity index (χ0n) is 17.6. The summed E-state index contributed by atoms with van der Waals surface area (Å²) in [6.07, 6.45) is 0. The van der Waals surface area contributed by atoms with Crippen LogP contribution >= 0.6 is 11.8 Å². The van der Waals surface area contributed by atoms with Crippen LogP contribution in [0.3, 0.4) is 0 Å². The Hall–Kier alpha value is -3.12. The molecule has 1 fully saturated rings. The van der Waals surface area contributed by atoms with Gasteiger partial charge in [-0.1, -0.05) is 42.5 Å². The second kappa shape index (κ2) is 9.79. The molecule has 1 heterocycles. The van der Waals surface area contributed by atoms with Gasteiger partial charge >= 0.3 is 0 Å². The van der Waals surface area contributed by atoms with Crippen LogP contribution in [0.2, 0.25) is 0 Å². The molecule has 0 unspecified atom stereocenters. The summed E-state index contributed by atoms with van der Waals surface area (Å²) < 4.78 is 16.5. The number of amides is 1. The van der Waals surface area contributed by atoms with E-state index in [2.05, 4.69) is 0 Å². The van der Waals surface area contributed by atoms with Gasteiger partial charge in [-0.2, -0.15) is 0 Å². The minimum Gasteiger partial charge on any atom is -0.497 e. The first kappa shape index (κ1) is 21.1. The summed E-state index contributed by atoms with van der Waals surface area (Å²) >= 11 is 1.76. The summed E-state index contributed by atoms with van der Waals surface area (Å²) in [6.45, 7) is 1.22. The fourth-order valence-corrected chi connectivity index (χ4v) is 4.78. The molecule has 1 saturated heterocycles. The standard InChI is InChI=1S/C25H25NO4S/c1-28-22-14-20(15-23(16-22)29-2)24(27)26-12-13-31-25(26)19-8-10-21(11-9-19)30-17-18-6-4-3-5-7-18/h3-11,14-16,25H,12-13,17H2,1-2H3/t25-/m1/s1. The third-order valence-electron chi connectivity index (χ3n) is 5.16. The van der Waals surface area contributed by atoms with Crippen molar-refractivity contribution in [1.82, 2.24) is 4.90 Å². The predicted octanol–water partition coefficient (Wildman–Crippen LogP) is 5.17. The van der Waals surface area contributed by atoms with Gasteiger partial charge in [-0.3, -0.25) is 4.79 Å². The average Bonchev–Trinajstić information content (AvgIpc) is 3.32. The minimum absolute atomic E-state index is 0.0309. The fourth-order valence-electron chi connectivity index (χ4n) is 3.52. The molecule has 1 amide bonds. The Kier molecular flexibility index (Phi) is 6.67. The van der Waals surface area contributed by atoms with Gasteiger partial charge in [-0.05, 0) is 35.4 Å². The smallest absolute Gasteiger partial charge is 0.255 e. The molecule has 4 rings (SSSR count). The lowest BCUT2D eigenvalue weighted by molar-refractivity contribution is 0.0759. The number of benzene rings is 3. The zero-order chi connectivity index (χ0) is 21.6. The maximum Gasteiger partial charge on any atom is 0.255 e. The van der Waals surface area contributed by atoms with E-state index in [0.717, 1.165) is 22.6 Å². The Morgan fingerprint density at radius 3 is 2.26 bits per heavy atom. The van der Waals surface area contributed by atoms with E-state index < -0.39 is 0 Å². The number of ether oxygens (including phenoxy) is 3. The number of rotatable bonds is 7. The van der Waals surface area contributed by atoms with Gasteiger partial charge in [-0.15, -0.1) is 11.8 Å². The van der Waals surface area contributed by atoms with Crippen molar-refractivity contribution in [3.05, 3.63) is 89.5 Å². The molecule has 5 nitrogen and oxygen atoms in total. The highest BCUT2D eigenvalue weighted by Crippen LogP contribution is 2.39. The van der Waals surface area contributed by atoms with Crippen LogP contribution in [0, 0.1) is 0 Å². The second-order valence-electron chi connectivity index (χ2n) is 7.17. The Morgan fingerprint density at radius 1 is 0.935 bits per heavy atom. The molecule has 1 atom stereocenters. The molecule has 1 aliphatic heterocycles. The summed E-state index contributed by atoms with van der Waals surface area (Å²) in [5, 5.41) is -0.0344. The van der Waals surface area contributed by atoms with Crippen LogP contribution in [0.1, 0.15) is 26.9 Å². The van der Waals surface area contributed by atoms with Crippen molar-refractivity contribution in [2.75, 3.05) is 26.5 Å². The van der Waals surface area contributed by atoms with Crippen molar-refractivity contribution in [2.24, 2.45) is 0 Å². The monoisotopic (exact) mass is 435 g/mol. The highest BCUT2D eigenvalue weighted by molar-refractivity contribution is 7.99. The molecule has 1 aliphatic rings. The molecule has 160 valence electrons. The molecule has 3 aromatic carbocycles. The number of carbonyl (C=O) groups excluding carboxylic acids is 1. The van der Waals surface area contributed by atoms with E-state index in [4.69, 9.17) is 14.2 Å². The lowest BCUT2D eigenvalue weighted by atomic mass is 10.1. The van der Waals surface area contributed by atoms with E-state index in [9.17, 15) is 4.79 Å². The van der Waals surface area contributed by atoms with Crippen molar-refractivity contribution in [3.8, 4) is 17.2 Å². The van der Waals surface area contributed by atoms with Crippen LogP contribution in [0.15, 0.2) is 72.8 Å². The lowest BCUT2D eigenvalue weighted by Crippen LogP contribution is -2.30. The van der Waals surface area contributed by atoms with E-state index in [0.29, 0.717) is 30.2 Å². The molecule has 0 radical (unpaired) electrons. The van der Waals surface area contributed by atoms with Gasteiger partial charge < -0.3 is 19.1 Å². The molecular formula is C25H25NO4S. The Balaban J connectivity index is 1.47. The van der Waals surface area contributed by atoms with Crippen LogP contribution in [0.25, 0.3) is 0 Å². The third kappa shape index (κ3) is 4.97. The summed E-state index contributed by atoms with van der Waals surface area (Å²) in [4.78, 5) is 15.2. The minimum atomic E-state index is -0.0344. The second-order valence-corrected chi connectivity index (χ2v) is 8.35. The maximum atomic E-state index is 13.3. The van der Waals surface area contributed by atoms with E-state index >= 15 is 0 Å². The average molecular weight is 436 g/mol. The molecular weight excluding hydrogens is 410 g/mol. The fraction of sp³-hybridized carbons (Fsp3) is 0.240. The topological polar surface area (TPSA) is 48.0 Å². The number of carbonyl (C=O) groups is 1. The van der Waals surface area contributed by atoms with Crippen LogP contribution in [0.5, 0.6) is 17.2 Å². The zero-order valence-corrected chi connectivity index (χ0v) is 18.4. The van der Waals surface area contributed by atoms with Crippen molar-refractivity contribution < 1.29 is 19.0 Å². The van der Waals surface area contributed by atoms with E-state index in [1.165, 1.54) is 0 Å². The van der Waals surface area contributed by atoms with Crippen molar-refractivity contribution in [3.63, 3.8) is 0 Å². The predicted molar refractivity (Wildman–Crippen MR) is 123 cm³/mol. The summed E-state index contributed by atoms with van der Waals surface area (Å²) in [6, 6.07) is 23.4. The van der Waals surface area contributed by atoms with Gasteiger partial charge in [0.25, 0.3) is 5.91 Å². The maximum absolute atomic E-state index is 13.3. The van der Waals surface area contributed by atoms with Crippen LogP contribution < -0.4 is 14.2 Å². The number of hydrogen-bond donors (Lipinski definition) is 0. The Bertz CT molecular complexity index is 1000. The van der Waals surface area contributed by atoms with Crippen molar-refractivity contribution in [2.45, 2.75) is 12.0 Å². The molecule has 31 heavy (non-hydrogen) atoms. The van der Waals surface area contributed by atoms with Gasteiger partial charge in [-0.25, -0.2) is 0 Å². The normalized spacial score (nSPS) is 15.5. The van der Waals surface area contributed by atoms with Gasteiger partial charge in [0.2, 0.25) is 0 Å². The molecule has 0 aromatic heterocycles. The first-order chi connectivity index (χ1) is 15.2. The first-order valence-corrected chi connectivity index (χ1v) is 11.1. The molecule has 0 spiro atoms. The Morgan fingerprint density at radius 2 is 1.61 bits per heavy atom. The third-order valence-corrected chi connectivity index (χ3v) is 6.42. The van der Waals surface area contributed by atoms with Crippen molar-refractivity contribution in [1.29, 1.82) is 0 Å². The molecule has 6 heteroatoms. The number of methoxy groups -OCH3 is 2. The summed E-state index contributed by atoms with van der Waals surface area (Å²) in [5.41, 5.74) is 2.77. The van der Waals surface area contributed by atoms with Gasteiger partial charge in [0, 0.05) is 23.9 Å². The molecule has 0 saturated carbocycles. The van der Waals surface area contributed by atoms with Crippen LogP contribution in [0.4, 0.5) is 0 Å². The van der Waals surface area contributed by atoms with E-state index in [1.54, 1.807) is 44.2 Å². The molecule has 0 bridgehead atoms. The lowest BCUT2D eigenvalue weighted by Gasteiger charge is -2.25. The quantitative estimate of drug-likeness (QED) is 0.512. The Labute approximate surface area is 186 Å². The van der Waals surface area contributed by atoms with E-state index in [1.807, 2.05) is 59.5 Å². The van der Waals surface area contributed by atoms with Crippen molar-refractivity contribution >= 4 is 17.7 Å².